The van der Waals surface area contributed by atoms with E-state index in [4.69, 9.17) is 9.47 Å². The van der Waals surface area contributed by atoms with Crippen LogP contribution in [-0.4, -0.2) is 35.7 Å². The number of carboxylic acids is 1. The SMILES string of the molecule is Cc1cc(C(=O)NC(CC(C)C)C(=O)O)ccc1NC(=O)c1ccc2c(c1)OCO2. The van der Waals surface area contributed by atoms with E-state index in [1.165, 1.54) is 0 Å². The first kappa shape index (κ1) is 21.2. The van der Waals surface area contributed by atoms with E-state index in [0.717, 1.165) is 0 Å². The molecular weight excluding hydrogens is 388 g/mol. The molecule has 1 heterocycles. The van der Waals surface area contributed by atoms with Gasteiger partial charge in [0, 0.05) is 16.8 Å². The summed E-state index contributed by atoms with van der Waals surface area (Å²) in [6.45, 7) is 5.67. The largest absolute Gasteiger partial charge is 0.480 e. The number of rotatable bonds is 7. The molecule has 1 unspecified atom stereocenters. The standard InChI is InChI=1S/C22H24N2O6/c1-12(2)8-17(22(27)28)24-20(25)14-4-6-16(13(3)9-14)23-21(26)15-5-7-18-19(10-15)30-11-29-18/h4-7,9-10,12,17H,8,11H2,1-3H3,(H,23,26)(H,24,25)(H,27,28). The van der Waals surface area contributed by atoms with Gasteiger partial charge in [-0.2, -0.15) is 0 Å². The minimum atomic E-state index is -1.07. The van der Waals surface area contributed by atoms with E-state index in [0.29, 0.717) is 40.3 Å². The van der Waals surface area contributed by atoms with Crippen LogP contribution < -0.4 is 20.1 Å². The van der Waals surface area contributed by atoms with Crippen molar-refractivity contribution in [2.24, 2.45) is 5.92 Å². The third kappa shape index (κ3) is 4.89. The van der Waals surface area contributed by atoms with Gasteiger partial charge < -0.3 is 25.2 Å². The van der Waals surface area contributed by atoms with Gasteiger partial charge in [-0.15, -0.1) is 0 Å². The first-order chi connectivity index (χ1) is 14.2. The van der Waals surface area contributed by atoms with E-state index in [9.17, 15) is 19.5 Å². The molecule has 30 heavy (non-hydrogen) atoms. The van der Waals surface area contributed by atoms with Crippen LogP contribution in [0.3, 0.4) is 0 Å². The lowest BCUT2D eigenvalue weighted by molar-refractivity contribution is -0.139. The van der Waals surface area contributed by atoms with Gasteiger partial charge in [0.2, 0.25) is 6.79 Å². The summed E-state index contributed by atoms with van der Waals surface area (Å²) in [6, 6.07) is 8.74. The van der Waals surface area contributed by atoms with E-state index >= 15 is 0 Å². The fourth-order valence-electron chi connectivity index (χ4n) is 3.11. The minimum Gasteiger partial charge on any atom is -0.480 e. The maximum atomic E-state index is 12.6. The molecule has 158 valence electrons. The lowest BCUT2D eigenvalue weighted by Gasteiger charge is -2.17. The van der Waals surface area contributed by atoms with Gasteiger partial charge in [0.15, 0.2) is 11.5 Å². The van der Waals surface area contributed by atoms with Gasteiger partial charge in [0.25, 0.3) is 11.8 Å². The highest BCUT2D eigenvalue weighted by molar-refractivity contribution is 6.05. The second kappa shape index (κ2) is 8.86. The number of amides is 2. The second-order valence-corrected chi connectivity index (χ2v) is 7.55. The van der Waals surface area contributed by atoms with Gasteiger partial charge in [0.05, 0.1) is 0 Å². The number of hydrogen-bond acceptors (Lipinski definition) is 5. The Morgan fingerprint density at radius 2 is 1.67 bits per heavy atom. The number of carbonyl (C=O) groups excluding carboxylic acids is 2. The van der Waals surface area contributed by atoms with Crippen LogP contribution in [0.1, 0.15) is 46.5 Å². The Morgan fingerprint density at radius 3 is 2.33 bits per heavy atom. The molecule has 3 N–H and O–H groups in total. The summed E-state index contributed by atoms with van der Waals surface area (Å²) in [5, 5.41) is 14.7. The number of ether oxygens (including phenoxy) is 2. The number of hydrogen-bond donors (Lipinski definition) is 3. The molecule has 3 rings (SSSR count). The number of nitrogens with one attached hydrogen (secondary N) is 2. The van der Waals surface area contributed by atoms with Crippen molar-refractivity contribution < 1.29 is 29.0 Å². The van der Waals surface area contributed by atoms with Crippen LogP contribution in [0.25, 0.3) is 0 Å². The summed E-state index contributed by atoms with van der Waals surface area (Å²) < 4.78 is 10.5. The van der Waals surface area contributed by atoms with E-state index in [1.807, 2.05) is 13.8 Å². The highest BCUT2D eigenvalue weighted by atomic mass is 16.7. The van der Waals surface area contributed by atoms with Gasteiger partial charge in [-0.3, -0.25) is 9.59 Å². The average molecular weight is 412 g/mol. The summed E-state index contributed by atoms with van der Waals surface area (Å²) in [5.41, 5.74) is 1.96. The van der Waals surface area contributed by atoms with Gasteiger partial charge in [-0.25, -0.2) is 4.79 Å². The van der Waals surface area contributed by atoms with Gasteiger partial charge in [0.1, 0.15) is 6.04 Å². The fourth-order valence-corrected chi connectivity index (χ4v) is 3.11. The molecule has 0 bridgehead atoms. The summed E-state index contributed by atoms with van der Waals surface area (Å²) in [4.78, 5) is 36.4. The molecule has 0 radical (unpaired) electrons. The number of carbonyl (C=O) groups is 3. The third-order valence-electron chi connectivity index (χ3n) is 4.68. The van der Waals surface area contributed by atoms with Crippen LogP contribution in [0, 0.1) is 12.8 Å². The Kier molecular flexibility index (Phi) is 6.25. The fraction of sp³-hybridized carbons (Fsp3) is 0.318. The molecule has 0 fully saturated rings. The molecule has 2 amide bonds. The number of anilines is 1. The smallest absolute Gasteiger partial charge is 0.326 e. The number of fused-ring (bicyclic) bond motifs is 1. The zero-order chi connectivity index (χ0) is 21.8. The van der Waals surface area contributed by atoms with E-state index in [-0.39, 0.29) is 18.6 Å². The zero-order valence-electron chi connectivity index (χ0n) is 17.0. The van der Waals surface area contributed by atoms with Gasteiger partial charge in [-0.05, 0) is 61.2 Å². The van der Waals surface area contributed by atoms with Crippen LogP contribution in [0.5, 0.6) is 11.5 Å². The summed E-state index contributed by atoms with van der Waals surface area (Å²) in [6.07, 6.45) is 0.337. The van der Waals surface area contributed by atoms with E-state index < -0.39 is 17.9 Å². The first-order valence-electron chi connectivity index (χ1n) is 9.60. The zero-order valence-corrected chi connectivity index (χ0v) is 17.0. The molecule has 1 aliphatic rings. The Hall–Kier alpha value is -3.55. The lowest BCUT2D eigenvalue weighted by atomic mass is 10.0. The lowest BCUT2D eigenvalue weighted by Crippen LogP contribution is -2.41. The van der Waals surface area contributed by atoms with E-state index in [1.54, 1.807) is 43.3 Å². The predicted molar refractivity (Wildman–Crippen MR) is 110 cm³/mol. The molecule has 8 heteroatoms. The normalized spacial score (nSPS) is 13.1. The maximum Gasteiger partial charge on any atom is 0.326 e. The third-order valence-corrected chi connectivity index (χ3v) is 4.68. The summed E-state index contributed by atoms with van der Waals surface area (Å²) in [7, 11) is 0. The molecule has 0 spiro atoms. The summed E-state index contributed by atoms with van der Waals surface area (Å²) in [5.74, 6) is -0.629. The van der Waals surface area contributed by atoms with Crippen molar-refractivity contribution in [3.63, 3.8) is 0 Å². The number of benzene rings is 2. The van der Waals surface area contributed by atoms with Crippen LogP contribution in [-0.2, 0) is 4.79 Å². The highest BCUT2D eigenvalue weighted by Crippen LogP contribution is 2.32. The maximum absolute atomic E-state index is 12.6. The molecule has 1 atom stereocenters. The van der Waals surface area contributed by atoms with Crippen molar-refractivity contribution in [2.45, 2.75) is 33.2 Å². The monoisotopic (exact) mass is 412 g/mol. The topological polar surface area (TPSA) is 114 Å². The Labute approximate surface area is 174 Å². The number of aliphatic carboxylic acids is 1. The van der Waals surface area contributed by atoms with Crippen molar-refractivity contribution >= 4 is 23.5 Å². The van der Waals surface area contributed by atoms with Gasteiger partial charge in [-0.1, -0.05) is 13.8 Å². The quantitative estimate of drug-likeness (QED) is 0.643. The number of carboxylic acid groups (broad SMARTS) is 1. The Balaban J connectivity index is 1.69. The first-order valence-corrected chi connectivity index (χ1v) is 9.60. The molecule has 1 aliphatic heterocycles. The molecule has 0 aromatic heterocycles. The van der Waals surface area contributed by atoms with Crippen LogP contribution in [0.15, 0.2) is 36.4 Å². The molecule has 8 nitrogen and oxygen atoms in total. The van der Waals surface area contributed by atoms with Crippen molar-refractivity contribution in [1.29, 1.82) is 0 Å². The molecule has 0 saturated carbocycles. The Morgan fingerprint density at radius 1 is 1.00 bits per heavy atom. The van der Waals surface area contributed by atoms with Crippen molar-refractivity contribution in [1.82, 2.24) is 5.32 Å². The molecule has 0 aliphatic carbocycles. The molecular formula is C22H24N2O6. The van der Waals surface area contributed by atoms with E-state index in [2.05, 4.69) is 10.6 Å². The van der Waals surface area contributed by atoms with Crippen LogP contribution in [0.2, 0.25) is 0 Å². The summed E-state index contributed by atoms with van der Waals surface area (Å²) >= 11 is 0. The van der Waals surface area contributed by atoms with Gasteiger partial charge >= 0.3 is 5.97 Å². The molecule has 2 aromatic rings. The average Bonchev–Trinajstić information content (AvgIpc) is 3.16. The molecule has 2 aromatic carbocycles. The number of aryl methyl sites for hydroxylation is 1. The highest BCUT2D eigenvalue weighted by Gasteiger charge is 2.22. The molecule has 0 saturated heterocycles. The van der Waals surface area contributed by atoms with Crippen molar-refractivity contribution in [3.8, 4) is 11.5 Å². The van der Waals surface area contributed by atoms with Crippen molar-refractivity contribution in [3.05, 3.63) is 53.1 Å². The van der Waals surface area contributed by atoms with Crippen LogP contribution in [0.4, 0.5) is 5.69 Å². The predicted octanol–water partition coefficient (Wildman–Crippen LogP) is 3.21. The van der Waals surface area contributed by atoms with Crippen molar-refractivity contribution in [2.75, 3.05) is 12.1 Å². The minimum absolute atomic E-state index is 0.127. The second-order valence-electron chi connectivity index (χ2n) is 7.55. The Bertz CT molecular complexity index is 986. The van der Waals surface area contributed by atoms with Crippen LogP contribution >= 0.6 is 0 Å².